The maximum atomic E-state index is 12.5. The molecule has 3 heterocycles. The van der Waals surface area contributed by atoms with Gasteiger partial charge in [0.1, 0.15) is 10.7 Å². The Labute approximate surface area is 174 Å². The monoisotopic (exact) mass is 423 g/mol. The molecule has 1 amide bonds. The molecule has 0 unspecified atom stereocenters. The van der Waals surface area contributed by atoms with Crippen molar-refractivity contribution in [2.24, 2.45) is 0 Å². The second-order valence-corrected chi connectivity index (χ2v) is 8.23. The van der Waals surface area contributed by atoms with Crippen LogP contribution in [0.25, 0.3) is 15.3 Å². The zero-order valence-corrected chi connectivity index (χ0v) is 16.9. The molecule has 5 rings (SSSR count). The van der Waals surface area contributed by atoms with Crippen LogP contribution in [0.3, 0.4) is 0 Å². The number of aryl methyl sites for hydroxylation is 3. The van der Waals surface area contributed by atoms with Gasteiger partial charge in [-0.05, 0) is 61.9 Å². The number of aromatic nitrogens is 3. The lowest BCUT2D eigenvalue weighted by molar-refractivity contribution is -0.402. The van der Waals surface area contributed by atoms with Crippen LogP contribution in [0.5, 0.6) is 0 Å². The first-order chi connectivity index (χ1) is 14.5. The number of nitrogens with one attached hydrogen (secondary N) is 1. The van der Waals surface area contributed by atoms with Crippen molar-refractivity contribution in [3.8, 4) is 5.13 Å². The predicted molar refractivity (Wildman–Crippen MR) is 111 cm³/mol. The molecule has 0 atom stereocenters. The summed E-state index contributed by atoms with van der Waals surface area (Å²) in [5.74, 6) is -0.815. The Kier molecular flexibility index (Phi) is 4.35. The second kappa shape index (κ2) is 7.06. The normalized spacial score (nSPS) is 13.4. The van der Waals surface area contributed by atoms with Crippen LogP contribution in [0, 0.1) is 17.0 Å². The molecule has 9 nitrogen and oxygen atoms in total. The number of nitrogens with zero attached hydrogens (tertiary/aromatic N) is 4. The highest BCUT2D eigenvalue weighted by atomic mass is 32.1. The number of thiazole rings is 1. The van der Waals surface area contributed by atoms with Gasteiger partial charge in [-0.25, -0.2) is 4.98 Å². The van der Waals surface area contributed by atoms with Crippen molar-refractivity contribution in [2.75, 3.05) is 5.32 Å². The molecule has 0 saturated heterocycles. The summed E-state index contributed by atoms with van der Waals surface area (Å²) in [6.07, 6.45) is 4.59. The number of hydrogen-bond donors (Lipinski definition) is 1. The third kappa shape index (κ3) is 3.24. The van der Waals surface area contributed by atoms with Crippen molar-refractivity contribution < 1.29 is 14.1 Å². The van der Waals surface area contributed by atoms with Crippen molar-refractivity contribution in [1.82, 2.24) is 14.8 Å². The van der Waals surface area contributed by atoms with Crippen molar-refractivity contribution >= 4 is 39.2 Å². The third-order valence-electron chi connectivity index (χ3n) is 5.09. The van der Waals surface area contributed by atoms with Gasteiger partial charge < -0.3 is 9.73 Å². The van der Waals surface area contributed by atoms with Crippen LogP contribution in [0.4, 0.5) is 11.7 Å². The van der Waals surface area contributed by atoms with E-state index >= 15 is 0 Å². The van der Waals surface area contributed by atoms with E-state index < -0.39 is 16.7 Å². The van der Waals surface area contributed by atoms with E-state index in [4.69, 9.17) is 9.40 Å². The number of carbonyl (C=O) groups is 1. The summed E-state index contributed by atoms with van der Waals surface area (Å²) >= 11 is 1.51. The van der Waals surface area contributed by atoms with Crippen LogP contribution in [0.1, 0.15) is 40.2 Å². The fourth-order valence-corrected chi connectivity index (χ4v) is 4.67. The molecular weight excluding hydrogens is 406 g/mol. The number of carbonyl (C=O) groups excluding carboxylic acids is 1. The minimum Gasteiger partial charge on any atom is -0.395 e. The molecular formula is C20H17N5O4S. The molecule has 4 aromatic rings. The van der Waals surface area contributed by atoms with Gasteiger partial charge in [-0.1, -0.05) is 11.3 Å². The Morgan fingerprint density at radius 1 is 1.23 bits per heavy atom. The van der Waals surface area contributed by atoms with E-state index in [1.165, 1.54) is 41.4 Å². The SMILES string of the molecule is Cc1cc(NC(=O)c2ccc([N+](=O)[O-])o2)n(-c2nc3cc4c(cc3s2)CCCC4)n1. The molecule has 0 bridgehead atoms. The highest BCUT2D eigenvalue weighted by molar-refractivity contribution is 7.20. The van der Waals surface area contributed by atoms with E-state index in [2.05, 4.69) is 22.5 Å². The van der Waals surface area contributed by atoms with E-state index in [9.17, 15) is 14.9 Å². The van der Waals surface area contributed by atoms with Crippen LogP contribution in [0.15, 0.2) is 34.7 Å². The fraction of sp³-hybridized carbons (Fsp3) is 0.250. The molecule has 0 spiro atoms. The van der Waals surface area contributed by atoms with E-state index in [-0.39, 0.29) is 5.76 Å². The zero-order chi connectivity index (χ0) is 20.8. The van der Waals surface area contributed by atoms with Crippen LogP contribution in [-0.4, -0.2) is 25.6 Å². The van der Waals surface area contributed by atoms with Crippen LogP contribution >= 0.6 is 11.3 Å². The maximum Gasteiger partial charge on any atom is 0.433 e. The molecule has 30 heavy (non-hydrogen) atoms. The van der Waals surface area contributed by atoms with Crippen LogP contribution < -0.4 is 5.32 Å². The Hall–Kier alpha value is -3.53. The van der Waals surface area contributed by atoms with E-state index in [0.717, 1.165) is 29.1 Å². The minimum absolute atomic E-state index is 0.149. The summed E-state index contributed by atoms with van der Waals surface area (Å²) in [4.78, 5) is 27.3. The van der Waals surface area contributed by atoms with Crippen LogP contribution in [-0.2, 0) is 12.8 Å². The van der Waals surface area contributed by atoms with Gasteiger partial charge in [0.15, 0.2) is 5.76 Å². The Morgan fingerprint density at radius 3 is 2.73 bits per heavy atom. The predicted octanol–water partition coefficient (Wildman–Crippen LogP) is 4.42. The number of furan rings is 1. The summed E-state index contributed by atoms with van der Waals surface area (Å²) in [6.45, 7) is 1.82. The molecule has 1 aliphatic carbocycles. The summed E-state index contributed by atoms with van der Waals surface area (Å²) in [7, 11) is 0. The summed E-state index contributed by atoms with van der Waals surface area (Å²) in [5, 5.41) is 18.6. The molecule has 0 radical (unpaired) electrons. The molecule has 0 saturated carbocycles. The first-order valence-corrected chi connectivity index (χ1v) is 10.3. The van der Waals surface area contributed by atoms with Gasteiger partial charge in [-0.2, -0.15) is 9.78 Å². The number of fused-ring (bicyclic) bond motifs is 2. The van der Waals surface area contributed by atoms with Crippen molar-refractivity contribution in [1.29, 1.82) is 0 Å². The third-order valence-corrected chi connectivity index (χ3v) is 6.08. The van der Waals surface area contributed by atoms with E-state index in [1.54, 1.807) is 10.7 Å². The van der Waals surface area contributed by atoms with Crippen molar-refractivity contribution in [3.63, 3.8) is 0 Å². The highest BCUT2D eigenvalue weighted by Gasteiger charge is 2.21. The number of anilines is 1. The van der Waals surface area contributed by atoms with Gasteiger partial charge in [0, 0.05) is 6.07 Å². The molecule has 1 aromatic carbocycles. The van der Waals surface area contributed by atoms with E-state index in [1.807, 2.05) is 6.92 Å². The second-order valence-electron chi connectivity index (χ2n) is 7.22. The largest absolute Gasteiger partial charge is 0.433 e. The average Bonchev–Trinajstić information content (AvgIpc) is 3.43. The summed E-state index contributed by atoms with van der Waals surface area (Å²) in [5.41, 5.74) is 4.36. The lowest BCUT2D eigenvalue weighted by Crippen LogP contribution is -2.14. The summed E-state index contributed by atoms with van der Waals surface area (Å²) in [6, 6.07) is 8.49. The standard InChI is InChI=1S/C20H17N5O4S/c1-11-8-17(22-19(26)15-6-7-18(29-15)25(27)28)24(23-11)20-21-14-9-12-4-2-3-5-13(12)10-16(14)30-20/h6-10H,2-5H2,1H3,(H,22,26). The number of amides is 1. The van der Waals surface area contributed by atoms with Gasteiger partial charge in [0.2, 0.25) is 5.13 Å². The number of hydrogen-bond acceptors (Lipinski definition) is 7. The molecule has 1 N–H and O–H groups in total. The molecule has 3 aromatic heterocycles. The van der Waals surface area contributed by atoms with Gasteiger partial charge in [0.25, 0.3) is 5.91 Å². The Morgan fingerprint density at radius 2 is 2.00 bits per heavy atom. The van der Waals surface area contributed by atoms with Gasteiger partial charge in [0.05, 0.1) is 22.0 Å². The molecule has 1 aliphatic rings. The van der Waals surface area contributed by atoms with Crippen LogP contribution in [0.2, 0.25) is 0 Å². The first kappa shape index (κ1) is 18.5. The molecule has 0 fully saturated rings. The number of nitro groups is 1. The summed E-state index contributed by atoms with van der Waals surface area (Å²) < 4.78 is 7.64. The lowest BCUT2D eigenvalue weighted by atomic mass is 9.92. The lowest BCUT2D eigenvalue weighted by Gasteiger charge is -2.14. The quantitative estimate of drug-likeness (QED) is 0.384. The van der Waals surface area contributed by atoms with Gasteiger partial charge in [-0.3, -0.25) is 14.9 Å². The molecule has 10 heteroatoms. The number of benzene rings is 1. The molecule has 152 valence electrons. The first-order valence-electron chi connectivity index (χ1n) is 9.53. The smallest absolute Gasteiger partial charge is 0.395 e. The highest BCUT2D eigenvalue weighted by Crippen LogP contribution is 2.32. The topological polar surface area (TPSA) is 116 Å². The van der Waals surface area contributed by atoms with E-state index in [0.29, 0.717) is 16.6 Å². The Bertz CT molecular complexity index is 1260. The Balaban J connectivity index is 1.48. The van der Waals surface area contributed by atoms with Crippen molar-refractivity contribution in [3.05, 3.63) is 63.0 Å². The molecule has 0 aliphatic heterocycles. The number of rotatable bonds is 4. The van der Waals surface area contributed by atoms with Gasteiger partial charge >= 0.3 is 5.88 Å². The average molecular weight is 423 g/mol. The fourth-order valence-electron chi connectivity index (χ4n) is 3.69. The zero-order valence-electron chi connectivity index (χ0n) is 16.0. The maximum absolute atomic E-state index is 12.5. The van der Waals surface area contributed by atoms with Gasteiger partial charge in [-0.15, -0.1) is 0 Å². The minimum atomic E-state index is -0.689. The van der Waals surface area contributed by atoms with Crippen molar-refractivity contribution in [2.45, 2.75) is 32.6 Å².